The van der Waals surface area contributed by atoms with Gasteiger partial charge in [-0.2, -0.15) is 0 Å². The number of Topliss-reactive ketones (excluding diaryl/α,β-unsaturated/α-hetero) is 2. The van der Waals surface area contributed by atoms with Gasteiger partial charge in [-0.25, -0.2) is 0 Å². The molecule has 2 aromatic carbocycles. The Morgan fingerprint density at radius 1 is 0.667 bits per heavy atom. The van der Waals surface area contributed by atoms with Gasteiger partial charge in [0.25, 0.3) is 0 Å². The van der Waals surface area contributed by atoms with Crippen LogP contribution in [0.4, 0.5) is 0 Å². The van der Waals surface area contributed by atoms with Crippen molar-refractivity contribution < 1.29 is 9.59 Å². The summed E-state index contributed by atoms with van der Waals surface area (Å²) in [6, 6.07) is 14.7. The number of rotatable bonds is 4. The van der Waals surface area contributed by atoms with Crippen molar-refractivity contribution in [3.05, 3.63) is 70.8 Å². The molecular formula is C19H20O2. The molecule has 0 atom stereocenters. The van der Waals surface area contributed by atoms with Crippen molar-refractivity contribution in [1.82, 2.24) is 0 Å². The Balaban J connectivity index is 2.32. The number of benzene rings is 2. The van der Waals surface area contributed by atoms with Crippen molar-refractivity contribution in [1.29, 1.82) is 0 Å². The summed E-state index contributed by atoms with van der Waals surface area (Å²) in [5.74, 6) is -0.291. The van der Waals surface area contributed by atoms with Gasteiger partial charge in [0.1, 0.15) is 0 Å². The highest BCUT2D eigenvalue weighted by Gasteiger charge is 2.36. The number of carbonyl (C=O) groups excluding carboxylic acids is 2. The molecule has 0 saturated heterocycles. The maximum atomic E-state index is 12.6. The smallest absolute Gasteiger partial charge is 0.176 e. The molecule has 0 aromatic heterocycles. The van der Waals surface area contributed by atoms with E-state index in [0.717, 1.165) is 11.1 Å². The molecule has 0 spiro atoms. The van der Waals surface area contributed by atoms with Crippen LogP contribution in [0.2, 0.25) is 0 Å². The third kappa shape index (κ3) is 3.10. The minimum Gasteiger partial charge on any atom is -0.293 e. The summed E-state index contributed by atoms with van der Waals surface area (Å²) in [5.41, 5.74) is 2.27. The van der Waals surface area contributed by atoms with Crippen molar-refractivity contribution >= 4 is 11.6 Å². The van der Waals surface area contributed by atoms with Gasteiger partial charge in [0.15, 0.2) is 11.6 Å². The molecule has 21 heavy (non-hydrogen) atoms. The van der Waals surface area contributed by atoms with Gasteiger partial charge in [0, 0.05) is 11.1 Å². The van der Waals surface area contributed by atoms with Crippen LogP contribution in [0.1, 0.15) is 45.7 Å². The Morgan fingerprint density at radius 3 is 1.24 bits per heavy atom. The zero-order chi connectivity index (χ0) is 15.6. The van der Waals surface area contributed by atoms with Gasteiger partial charge in [-0.3, -0.25) is 9.59 Å². The number of carbonyl (C=O) groups is 2. The van der Waals surface area contributed by atoms with Crippen molar-refractivity contribution in [2.45, 2.75) is 27.7 Å². The molecule has 0 amide bonds. The first-order valence-corrected chi connectivity index (χ1v) is 7.05. The molecule has 0 radical (unpaired) electrons. The third-order valence-electron chi connectivity index (χ3n) is 3.76. The zero-order valence-electron chi connectivity index (χ0n) is 12.9. The lowest BCUT2D eigenvalue weighted by molar-refractivity contribution is 0.0711. The van der Waals surface area contributed by atoms with Crippen LogP contribution in [0, 0.1) is 19.3 Å². The predicted octanol–water partition coefficient (Wildman–Crippen LogP) is 4.40. The second-order valence-electron chi connectivity index (χ2n) is 6.02. The molecule has 0 aliphatic heterocycles. The minimum atomic E-state index is -1.06. The molecule has 0 aliphatic carbocycles. The first kappa shape index (κ1) is 15.2. The molecule has 0 unspecified atom stereocenters. The van der Waals surface area contributed by atoms with E-state index in [1.807, 2.05) is 38.1 Å². The monoisotopic (exact) mass is 280 g/mol. The second kappa shape index (κ2) is 5.65. The summed E-state index contributed by atoms with van der Waals surface area (Å²) >= 11 is 0. The molecule has 0 heterocycles. The Morgan fingerprint density at radius 2 is 0.952 bits per heavy atom. The SMILES string of the molecule is Cc1ccc(C(=O)C(C)(C)C(=O)c2ccc(C)cc2)cc1. The first-order chi connectivity index (χ1) is 9.82. The summed E-state index contributed by atoms with van der Waals surface area (Å²) in [4.78, 5) is 25.3. The number of hydrogen-bond acceptors (Lipinski definition) is 2. The van der Waals surface area contributed by atoms with E-state index in [-0.39, 0.29) is 11.6 Å². The molecule has 0 bridgehead atoms. The Kier molecular flexibility index (Phi) is 4.08. The summed E-state index contributed by atoms with van der Waals surface area (Å²) < 4.78 is 0. The van der Waals surface area contributed by atoms with Gasteiger partial charge in [-0.05, 0) is 27.7 Å². The van der Waals surface area contributed by atoms with Crippen LogP contribution in [0.5, 0.6) is 0 Å². The fourth-order valence-electron chi connectivity index (χ4n) is 2.23. The standard InChI is InChI=1S/C19H20O2/c1-13-5-9-15(10-6-13)17(20)19(3,4)18(21)16-11-7-14(2)8-12-16/h5-12H,1-4H3. The average Bonchev–Trinajstić information content (AvgIpc) is 2.47. The van der Waals surface area contributed by atoms with E-state index in [0.29, 0.717) is 11.1 Å². The van der Waals surface area contributed by atoms with Gasteiger partial charge < -0.3 is 0 Å². The minimum absolute atomic E-state index is 0.145. The summed E-state index contributed by atoms with van der Waals surface area (Å²) in [6.07, 6.45) is 0. The van der Waals surface area contributed by atoms with Crippen LogP contribution < -0.4 is 0 Å². The Bertz CT molecular complexity index is 602. The molecule has 2 aromatic rings. The molecule has 0 N–H and O–H groups in total. The van der Waals surface area contributed by atoms with Gasteiger partial charge in [-0.1, -0.05) is 59.7 Å². The first-order valence-electron chi connectivity index (χ1n) is 7.05. The lowest BCUT2D eigenvalue weighted by Gasteiger charge is -2.22. The average molecular weight is 280 g/mol. The highest BCUT2D eigenvalue weighted by atomic mass is 16.2. The van der Waals surface area contributed by atoms with E-state index in [1.54, 1.807) is 38.1 Å². The van der Waals surface area contributed by atoms with Crippen molar-refractivity contribution in [2.24, 2.45) is 5.41 Å². The molecule has 2 nitrogen and oxygen atoms in total. The van der Waals surface area contributed by atoms with E-state index in [9.17, 15) is 9.59 Å². The summed E-state index contributed by atoms with van der Waals surface area (Å²) in [6.45, 7) is 7.32. The van der Waals surface area contributed by atoms with Gasteiger partial charge in [-0.15, -0.1) is 0 Å². The lowest BCUT2D eigenvalue weighted by Crippen LogP contribution is -2.33. The van der Waals surface area contributed by atoms with E-state index in [1.165, 1.54) is 0 Å². The highest BCUT2D eigenvalue weighted by Crippen LogP contribution is 2.27. The van der Waals surface area contributed by atoms with E-state index in [4.69, 9.17) is 0 Å². The molecule has 0 fully saturated rings. The van der Waals surface area contributed by atoms with Crippen LogP contribution >= 0.6 is 0 Å². The van der Waals surface area contributed by atoms with Crippen LogP contribution in [0.3, 0.4) is 0 Å². The van der Waals surface area contributed by atoms with E-state index in [2.05, 4.69) is 0 Å². The fraction of sp³-hybridized carbons (Fsp3) is 0.263. The molecule has 0 aliphatic rings. The third-order valence-corrected chi connectivity index (χ3v) is 3.76. The van der Waals surface area contributed by atoms with E-state index >= 15 is 0 Å². The fourth-order valence-corrected chi connectivity index (χ4v) is 2.23. The molecular weight excluding hydrogens is 260 g/mol. The molecule has 108 valence electrons. The van der Waals surface area contributed by atoms with Crippen molar-refractivity contribution in [3.63, 3.8) is 0 Å². The van der Waals surface area contributed by atoms with Crippen LogP contribution in [0.15, 0.2) is 48.5 Å². The largest absolute Gasteiger partial charge is 0.293 e. The zero-order valence-corrected chi connectivity index (χ0v) is 12.9. The quantitative estimate of drug-likeness (QED) is 0.614. The van der Waals surface area contributed by atoms with Gasteiger partial charge in [0.2, 0.25) is 0 Å². The van der Waals surface area contributed by atoms with Gasteiger partial charge >= 0.3 is 0 Å². The second-order valence-corrected chi connectivity index (χ2v) is 6.02. The molecule has 0 saturated carbocycles. The van der Waals surface area contributed by atoms with Crippen LogP contribution in [-0.4, -0.2) is 11.6 Å². The van der Waals surface area contributed by atoms with Crippen LogP contribution in [0.25, 0.3) is 0 Å². The maximum absolute atomic E-state index is 12.6. The Labute approximate surface area is 125 Å². The van der Waals surface area contributed by atoms with Crippen LogP contribution in [-0.2, 0) is 0 Å². The molecule has 2 heteroatoms. The lowest BCUT2D eigenvalue weighted by atomic mass is 9.77. The van der Waals surface area contributed by atoms with E-state index < -0.39 is 5.41 Å². The Hall–Kier alpha value is -2.22. The maximum Gasteiger partial charge on any atom is 0.176 e. The predicted molar refractivity (Wildman–Crippen MR) is 84.8 cm³/mol. The number of ketones is 2. The highest BCUT2D eigenvalue weighted by molar-refractivity contribution is 6.19. The molecule has 2 rings (SSSR count). The summed E-state index contributed by atoms with van der Waals surface area (Å²) in [5, 5.41) is 0. The van der Waals surface area contributed by atoms with Gasteiger partial charge in [0.05, 0.1) is 5.41 Å². The van der Waals surface area contributed by atoms with Crippen molar-refractivity contribution in [3.8, 4) is 0 Å². The normalized spacial score (nSPS) is 11.2. The number of aryl methyl sites for hydroxylation is 2. The number of hydrogen-bond donors (Lipinski definition) is 0. The van der Waals surface area contributed by atoms with Crippen molar-refractivity contribution in [2.75, 3.05) is 0 Å². The topological polar surface area (TPSA) is 34.1 Å². The summed E-state index contributed by atoms with van der Waals surface area (Å²) in [7, 11) is 0.